The van der Waals surface area contributed by atoms with Crippen molar-refractivity contribution in [2.24, 2.45) is 16.6 Å². The molecule has 5 atom stereocenters. The predicted octanol–water partition coefficient (Wildman–Crippen LogP) is 7.16. The van der Waals surface area contributed by atoms with Crippen molar-refractivity contribution >= 4 is 80.9 Å². The van der Waals surface area contributed by atoms with Gasteiger partial charge in [-0.1, -0.05) is 72.3 Å². The number of fused-ring (bicyclic) bond motifs is 4. The summed E-state index contributed by atoms with van der Waals surface area (Å²) in [5, 5.41) is 28.7. The lowest BCUT2D eigenvalue weighted by molar-refractivity contribution is -0.127. The van der Waals surface area contributed by atoms with E-state index in [1.165, 1.54) is 34.8 Å². The number of anilines is 2. The minimum absolute atomic E-state index is 0.00409. The summed E-state index contributed by atoms with van der Waals surface area (Å²) in [5.74, 6) is 0.200. The number of methoxy groups -OCH3 is 2. The van der Waals surface area contributed by atoms with Crippen molar-refractivity contribution in [1.29, 1.82) is 0 Å². The number of aliphatic hydroxyl groups excluding tert-OH is 1. The fraction of sp³-hybridized carbons (Fsp3) is 0.484. The average Bonchev–Trinajstić information content (AvgIpc) is 2.19. The number of carbonyl (C=O) groups excluding carboxylic acids is 7. The molecular formula is C62H79BrN12O13. The average molecular weight is 1280 g/mol. The Balaban J connectivity index is 0.879. The lowest BCUT2D eigenvalue weighted by Gasteiger charge is -2.27. The third kappa shape index (κ3) is 16.2. The Kier molecular flexibility index (Phi) is 22.6. The number of aromatic nitrogens is 3. The van der Waals surface area contributed by atoms with Crippen molar-refractivity contribution in [3.63, 3.8) is 0 Å². The maximum absolute atomic E-state index is 14.3. The van der Waals surface area contributed by atoms with Crippen molar-refractivity contribution < 1.29 is 62.4 Å². The summed E-state index contributed by atoms with van der Waals surface area (Å²) < 4.78 is 31.1. The van der Waals surface area contributed by atoms with Gasteiger partial charge in [0, 0.05) is 63.7 Å². The third-order valence-corrected chi connectivity index (χ3v) is 16.4. The van der Waals surface area contributed by atoms with Crippen LogP contribution < -0.4 is 45.5 Å². The molecule has 6 N–H and O–H groups in total. The first-order valence-corrected chi connectivity index (χ1v) is 30.7. The van der Waals surface area contributed by atoms with Gasteiger partial charge in [-0.25, -0.2) is 14.3 Å². The van der Waals surface area contributed by atoms with Crippen LogP contribution in [0, 0.1) is 5.92 Å². The first-order valence-electron chi connectivity index (χ1n) is 29.6. The van der Waals surface area contributed by atoms with Crippen molar-refractivity contribution in [3.05, 3.63) is 101 Å². The van der Waals surface area contributed by atoms with Crippen LogP contribution in [0.25, 0.3) is 0 Å². The SMILES string of the molecule is C=C1C[C@H]2C=Nc3cc(OCCCCCOc4cc5c(cc4OC)C(=O)N4CC(=C)C(O)[C@@H]4CN5C(=O)OCc4ccc(NC(=O)[C@H](CCCNC(N)=O)n5cc([C@@H](NC(=O)CCCCCN(C)C(=O)CBr)C(C)C)nn5)cc4)c(OC)cc3C(=O)N2C1. The van der Waals surface area contributed by atoms with E-state index in [4.69, 9.17) is 29.4 Å². The van der Waals surface area contributed by atoms with Gasteiger partial charge < -0.3 is 65.2 Å². The van der Waals surface area contributed by atoms with E-state index in [1.54, 1.807) is 71.7 Å². The van der Waals surface area contributed by atoms with Crippen LogP contribution in [0.5, 0.6) is 23.0 Å². The monoisotopic (exact) mass is 1280 g/mol. The Morgan fingerprint density at radius 1 is 0.864 bits per heavy atom. The van der Waals surface area contributed by atoms with Gasteiger partial charge in [0.2, 0.25) is 17.7 Å². The molecule has 472 valence electrons. The van der Waals surface area contributed by atoms with E-state index in [2.05, 4.69) is 60.3 Å². The minimum atomic E-state index is -1.11. The zero-order chi connectivity index (χ0) is 63.2. The lowest BCUT2D eigenvalue weighted by Crippen LogP contribution is -2.46. The zero-order valence-corrected chi connectivity index (χ0v) is 52.1. The molecular weight excluding hydrogens is 1200 g/mol. The number of hydrogen-bond donors (Lipinski definition) is 5. The standard InChI is InChI=1S/C62H79BrN12O13/c1-37(2)56(68-54(76)16-10-8-11-22-71(5)55(77)30-63)46-34-75(70-69-46)47(15-14-21-65-61(64)82)58(79)67-41-19-17-40(18-20-41)36-88-62(83)74-35-49-57(78)39(4)33-73(49)60(81)44-27-51(85-7)53(29-48(44)74)87-24-13-9-12-23-86-52-28-45-43(26-50(52)84-6)59(80)72-32-38(3)25-42(72)31-66-45/h17-20,26-29,31,34,37,42,47,49,56-57,78H,3-4,8-16,21-25,30,32-33,35-36H2,1-2,5-7H3,(H,67,79)(H,68,76)(H3,64,65,82)/t42-,47-,49-,56-,57?/m0/s1. The predicted molar refractivity (Wildman–Crippen MR) is 332 cm³/mol. The molecule has 88 heavy (non-hydrogen) atoms. The van der Waals surface area contributed by atoms with Crippen molar-refractivity contribution in [1.82, 2.24) is 40.3 Å². The normalized spacial score (nSPS) is 17.5. The number of unbranched alkanes of at least 4 members (excludes halogenated alkanes) is 4. The topological polar surface area (TPSA) is 304 Å². The number of nitrogens with one attached hydrogen (secondary N) is 3. The van der Waals surface area contributed by atoms with Gasteiger partial charge in [0.05, 0.1) is 92.2 Å². The number of rotatable bonds is 29. The lowest BCUT2D eigenvalue weighted by atomic mass is 10.0. The number of nitrogens with zero attached hydrogens (tertiary/aromatic N) is 8. The highest BCUT2D eigenvalue weighted by Crippen LogP contribution is 2.42. The molecule has 0 bridgehead atoms. The van der Waals surface area contributed by atoms with Crippen LogP contribution in [0.1, 0.15) is 122 Å². The van der Waals surface area contributed by atoms with Crippen LogP contribution in [0.15, 0.2) is 84.0 Å². The number of halogens is 1. The molecule has 0 saturated carbocycles. The van der Waals surface area contributed by atoms with E-state index < -0.39 is 48.2 Å². The molecule has 25 nitrogen and oxygen atoms in total. The van der Waals surface area contributed by atoms with Crippen molar-refractivity contribution in [3.8, 4) is 23.0 Å². The number of amides is 8. The molecule has 8 amide bonds. The van der Waals surface area contributed by atoms with E-state index in [0.29, 0.717) is 103 Å². The van der Waals surface area contributed by atoms with Gasteiger partial charge in [-0.3, -0.25) is 33.9 Å². The van der Waals surface area contributed by atoms with Crippen LogP contribution in [-0.2, 0) is 25.7 Å². The zero-order valence-electron chi connectivity index (χ0n) is 50.5. The summed E-state index contributed by atoms with van der Waals surface area (Å²) in [6, 6.07) is 10.1. The van der Waals surface area contributed by atoms with E-state index in [-0.39, 0.29) is 103 Å². The van der Waals surface area contributed by atoms with E-state index >= 15 is 0 Å². The molecule has 4 aliphatic heterocycles. The van der Waals surface area contributed by atoms with Gasteiger partial charge in [0.15, 0.2) is 23.0 Å². The molecule has 0 radical (unpaired) electrons. The maximum Gasteiger partial charge on any atom is 0.414 e. The minimum Gasteiger partial charge on any atom is -0.493 e. The summed E-state index contributed by atoms with van der Waals surface area (Å²) in [6.45, 7) is 13.6. The number of benzene rings is 3. The molecule has 5 heterocycles. The fourth-order valence-electron chi connectivity index (χ4n) is 10.9. The number of primary amides is 1. The highest BCUT2D eigenvalue weighted by atomic mass is 79.9. The van der Waals surface area contributed by atoms with Gasteiger partial charge in [0.1, 0.15) is 18.3 Å². The van der Waals surface area contributed by atoms with Gasteiger partial charge in [-0.05, 0) is 92.7 Å². The number of ether oxygens (including phenoxy) is 5. The highest BCUT2D eigenvalue weighted by Gasteiger charge is 2.45. The van der Waals surface area contributed by atoms with E-state index in [0.717, 1.165) is 18.4 Å². The Hall–Kier alpha value is -8.52. The Morgan fingerprint density at radius 2 is 1.55 bits per heavy atom. The summed E-state index contributed by atoms with van der Waals surface area (Å²) in [7, 11) is 4.72. The van der Waals surface area contributed by atoms with Gasteiger partial charge >= 0.3 is 12.1 Å². The van der Waals surface area contributed by atoms with Crippen molar-refractivity contribution in [2.45, 2.75) is 115 Å². The molecule has 2 fully saturated rings. The van der Waals surface area contributed by atoms with Crippen LogP contribution in [-0.4, -0.2) is 173 Å². The molecule has 0 aliphatic carbocycles. The number of aliphatic imine (C=N–C) groups is 1. The van der Waals surface area contributed by atoms with Gasteiger partial charge in [-0.2, -0.15) is 0 Å². The van der Waals surface area contributed by atoms with Crippen molar-refractivity contribution in [2.75, 3.05) is 82.8 Å². The van der Waals surface area contributed by atoms with E-state index in [1.807, 2.05) is 13.8 Å². The molecule has 1 aromatic heterocycles. The second kappa shape index (κ2) is 30.4. The quantitative estimate of drug-likeness (QED) is 0.0205. The summed E-state index contributed by atoms with van der Waals surface area (Å²) in [6.07, 6.45) is 7.19. The molecule has 2 saturated heterocycles. The summed E-state index contributed by atoms with van der Waals surface area (Å²) in [4.78, 5) is 103. The van der Waals surface area contributed by atoms with Crippen LogP contribution in [0.4, 0.5) is 26.7 Å². The molecule has 26 heteroatoms. The third-order valence-electron chi connectivity index (χ3n) is 15.9. The first kappa shape index (κ1) is 65.5. The second-order valence-electron chi connectivity index (χ2n) is 22.6. The number of aliphatic hydroxyl groups is 1. The summed E-state index contributed by atoms with van der Waals surface area (Å²) >= 11 is 3.18. The molecule has 0 spiro atoms. The molecule has 3 aromatic carbocycles. The van der Waals surface area contributed by atoms with Crippen LogP contribution >= 0.6 is 15.9 Å². The molecule has 4 aromatic rings. The summed E-state index contributed by atoms with van der Waals surface area (Å²) in [5.41, 5.74) is 9.46. The van der Waals surface area contributed by atoms with Gasteiger partial charge in [0.25, 0.3) is 11.8 Å². The number of urea groups is 1. The maximum atomic E-state index is 14.3. The number of nitrogens with two attached hydrogens (primary N) is 1. The molecule has 4 aliphatic rings. The Morgan fingerprint density at radius 3 is 2.23 bits per heavy atom. The fourth-order valence-corrected chi connectivity index (χ4v) is 11.4. The number of alkyl halides is 1. The largest absolute Gasteiger partial charge is 0.493 e. The highest BCUT2D eigenvalue weighted by molar-refractivity contribution is 9.09. The van der Waals surface area contributed by atoms with Crippen LogP contribution in [0.3, 0.4) is 0 Å². The van der Waals surface area contributed by atoms with Gasteiger partial charge in [-0.15, -0.1) is 5.10 Å². The smallest absolute Gasteiger partial charge is 0.414 e. The number of hydrogen-bond acceptors (Lipinski definition) is 16. The number of carbonyl (C=O) groups is 7. The Bertz CT molecular complexity index is 3260. The first-order chi connectivity index (χ1) is 42.3. The molecule has 1 unspecified atom stereocenters. The van der Waals surface area contributed by atoms with Crippen LogP contribution in [0.2, 0.25) is 0 Å². The Labute approximate surface area is 520 Å². The second-order valence-corrected chi connectivity index (χ2v) is 23.2. The molecule has 8 rings (SSSR count). The van der Waals surface area contributed by atoms with E-state index in [9.17, 15) is 38.7 Å².